The number of nitrogens with one attached hydrogen (secondary N) is 1. The fourth-order valence-corrected chi connectivity index (χ4v) is 4.02. The lowest BCUT2D eigenvalue weighted by Crippen LogP contribution is -2.48. The summed E-state index contributed by atoms with van der Waals surface area (Å²) in [6.45, 7) is 3.37. The number of thiophene rings is 1. The van der Waals surface area contributed by atoms with E-state index in [-0.39, 0.29) is 17.5 Å². The summed E-state index contributed by atoms with van der Waals surface area (Å²) < 4.78 is 18.8. The number of hydrogen-bond acceptors (Lipinski definition) is 5. The van der Waals surface area contributed by atoms with Crippen LogP contribution in [0.5, 0.6) is 5.75 Å². The maximum absolute atomic E-state index is 13.9. The third kappa shape index (κ3) is 3.93. The quantitative estimate of drug-likeness (QED) is 0.714. The molecule has 0 radical (unpaired) electrons. The molecule has 1 amide bonds. The van der Waals surface area contributed by atoms with Crippen LogP contribution in [-0.4, -0.2) is 59.2 Å². The Bertz CT molecular complexity index is 949. The van der Waals surface area contributed by atoms with Crippen LogP contribution >= 0.6 is 11.3 Å². The summed E-state index contributed by atoms with van der Waals surface area (Å²) in [4.78, 5) is 17.8. The fraction of sp³-hybridized carbons (Fsp3) is 0.300. The molecule has 1 aromatic carbocycles. The molecule has 3 aromatic rings. The first-order valence-electron chi connectivity index (χ1n) is 9.07. The van der Waals surface area contributed by atoms with Crippen molar-refractivity contribution in [3.8, 4) is 16.3 Å². The number of nitrogens with zero attached hydrogens (tertiary/aromatic N) is 3. The number of ether oxygens (including phenoxy) is 1. The first-order valence-corrected chi connectivity index (χ1v) is 9.95. The number of benzene rings is 1. The van der Waals surface area contributed by atoms with Gasteiger partial charge >= 0.3 is 0 Å². The molecule has 1 saturated heterocycles. The maximum Gasteiger partial charge on any atom is 0.274 e. The molecular formula is C20H21FN4O2S. The fourth-order valence-electron chi connectivity index (χ4n) is 3.33. The lowest BCUT2D eigenvalue weighted by Gasteiger charge is -2.34. The molecule has 146 valence electrons. The number of piperazine rings is 1. The van der Waals surface area contributed by atoms with Crippen molar-refractivity contribution in [3.05, 3.63) is 58.9 Å². The van der Waals surface area contributed by atoms with Crippen molar-refractivity contribution in [3.63, 3.8) is 0 Å². The van der Waals surface area contributed by atoms with E-state index in [2.05, 4.69) is 15.1 Å². The molecule has 2 aromatic heterocycles. The average Bonchev–Trinajstić information content (AvgIpc) is 3.40. The Morgan fingerprint density at radius 2 is 2.07 bits per heavy atom. The molecule has 0 saturated carbocycles. The maximum atomic E-state index is 13.9. The molecular weight excluding hydrogens is 379 g/mol. The van der Waals surface area contributed by atoms with E-state index in [4.69, 9.17) is 4.74 Å². The highest BCUT2D eigenvalue weighted by Crippen LogP contribution is 2.24. The molecule has 1 aliphatic heterocycles. The highest BCUT2D eigenvalue weighted by Gasteiger charge is 2.24. The Morgan fingerprint density at radius 3 is 2.75 bits per heavy atom. The Balaban J connectivity index is 1.34. The van der Waals surface area contributed by atoms with Gasteiger partial charge in [0, 0.05) is 32.7 Å². The smallest absolute Gasteiger partial charge is 0.274 e. The first-order chi connectivity index (χ1) is 13.6. The van der Waals surface area contributed by atoms with Gasteiger partial charge in [-0.05, 0) is 35.2 Å². The SMILES string of the molecule is COc1ccc(CN2CCN(C(=O)c3cc(-c4cccs4)[nH]n3)CC2)cc1F. The van der Waals surface area contributed by atoms with E-state index >= 15 is 0 Å². The standard InChI is InChI=1S/C20H21FN4O2S/c1-27-18-5-4-14(11-15(18)21)13-24-6-8-25(9-7-24)20(26)17-12-16(22-23-17)19-3-2-10-28-19/h2-5,10-12H,6-9,13H2,1H3,(H,22,23). The normalized spacial score (nSPS) is 15.0. The number of carbonyl (C=O) groups is 1. The monoisotopic (exact) mass is 400 g/mol. The van der Waals surface area contributed by atoms with Crippen LogP contribution in [0.15, 0.2) is 41.8 Å². The molecule has 8 heteroatoms. The Hall–Kier alpha value is -2.71. The van der Waals surface area contributed by atoms with Crippen molar-refractivity contribution in [1.82, 2.24) is 20.0 Å². The largest absolute Gasteiger partial charge is 0.494 e. The van der Waals surface area contributed by atoms with Gasteiger partial charge in [0.25, 0.3) is 5.91 Å². The molecule has 6 nitrogen and oxygen atoms in total. The number of rotatable bonds is 5. The van der Waals surface area contributed by atoms with E-state index in [0.717, 1.165) is 29.2 Å². The van der Waals surface area contributed by atoms with Crippen LogP contribution < -0.4 is 4.74 Å². The van der Waals surface area contributed by atoms with Crippen molar-refractivity contribution in [2.75, 3.05) is 33.3 Å². The summed E-state index contributed by atoms with van der Waals surface area (Å²) in [5.74, 6) is -0.164. The number of H-pyrrole nitrogens is 1. The summed E-state index contributed by atoms with van der Waals surface area (Å²) in [6, 6.07) is 10.8. The van der Waals surface area contributed by atoms with E-state index in [1.165, 1.54) is 13.2 Å². The van der Waals surface area contributed by atoms with E-state index in [9.17, 15) is 9.18 Å². The molecule has 3 heterocycles. The molecule has 0 aliphatic carbocycles. The van der Waals surface area contributed by atoms with Crippen molar-refractivity contribution < 1.29 is 13.9 Å². The van der Waals surface area contributed by atoms with Crippen LogP contribution in [0.1, 0.15) is 16.1 Å². The van der Waals surface area contributed by atoms with Crippen LogP contribution in [0.2, 0.25) is 0 Å². The van der Waals surface area contributed by atoms with E-state index in [0.29, 0.717) is 25.3 Å². The first kappa shape index (κ1) is 18.6. The molecule has 1 N–H and O–H groups in total. The molecule has 0 atom stereocenters. The minimum Gasteiger partial charge on any atom is -0.494 e. The van der Waals surface area contributed by atoms with E-state index < -0.39 is 0 Å². The molecule has 0 bridgehead atoms. The Labute approximate surface area is 166 Å². The summed E-state index contributed by atoms with van der Waals surface area (Å²) in [7, 11) is 1.46. The van der Waals surface area contributed by atoms with Gasteiger partial charge in [-0.2, -0.15) is 5.10 Å². The van der Waals surface area contributed by atoms with Crippen molar-refractivity contribution >= 4 is 17.2 Å². The lowest BCUT2D eigenvalue weighted by atomic mass is 10.1. The van der Waals surface area contributed by atoms with Crippen molar-refractivity contribution in [1.29, 1.82) is 0 Å². The van der Waals surface area contributed by atoms with Crippen molar-refractivity contribution in [2.24, 2.45) is 0 Å². The zero-order valence-corrected chi connectivity index (χ0v) is 16.3. The topological polar surface area (TPSA) is 61.5 Å². The van der Waals surface area contributed by atoms with Crippen LogP contribution in [-0.2, 0) is 6.54 Å². The highest BCUT2D eigenvalue weighted by atomic mass is 32.1. The Kier molecular flexibility index (Phi) is 5.40. The van der Waals surface area contributed by atoms with Gasteiger partial charge in [0.1, 0.15) is 0 Å². The number of hydrogen-bond donors (Lipinski definition) is 1. The second-order valence-corrected chi connectivity index (χ2v) is 7.63. The van der Waals surface area contributed by atoms with Gasteiger partial charge in [0.15, 0.2) is 17.3 Å². The third-order valence-corrected chi connectivity index (χ3v) is 5.77. The van der Waals surface area contributed by atoms with Gasteiger partial charge in [-0.1, -0.05) is 12.1 Å². The second-order valence-electron chi connectivity index (χ2n) is 6.68. The Morgan fingerprint density at radius 1 is 1.25 bits per heavy atom. The van der Waals surface area contributed by atoms with Crippen LogP contribution in [0, 0.1) is 5.82 Å². The summed E-state index contributed by atoms with van der Waals surface area (Å²) in [5, 5.41) is 9.12. The van der Waals surface area contributed by atoms with Gasteiger partial charge in [-0.15, -0.1) is 11.3 Å². The minimum absolute atomic E-state index is 0.0609. The highest BCUT2D eigenvalue weighted by molar-refractivity contribution is 7.13. The predicted octanol–water partition coefficient (Wildman–Crippen LogP) is 3.24. The zero-order valence-electron chi connectivity index (χ0n) is 15.5. The number of methoxy groups -OCH3 is 1. The van der Waals surface area contributed by atoms with E-state index in [1.807, 2.05) is 28.5 Å². The van der Waals surface area contributed by atoms with Crippen LogP contribution in [0.3, 0.4) is 0 Å². The van der Waals surface area contributed by atoms with Gasteiger partial charge in [0.2, 0.25) is 0 Å². The van der Waals surface area contributed by atoms with Gasteiger partial charge in [-0.25, -0.2) is 4.39 Å². The number of halogens is 1. The number of carbonyl (C=O) groups excluding carboxylic acids is 1. The van der Waals surface area contributed by atoms with Gasteiger partial charge in [0.05, 0.1) is 17.7 Å². The summed E-state index contributed by atoms with van der Waals surface area (Å²) >= 11 is 1.60. The predicted molar refractivity (Wildman–Crippen MR) is 106 cm³/mol. The van der Waals surface area contributed by atoms with Gasteiger partial charge in [-0.3, -0.25) is 14.8 Å². The van der Waals surface area contributed by atoms with Gasteiger partial charge < -0.3 is 9.64 Å². The zero-order chi connectivity index (χ0) is 19.5. The molecule has 0 spiro atoms. The average molecular weight is 400 g/mol. The molecule has 28 heavy (non-hydrogen) atoms. The summed E-state index contributed by atoms with van der Waals surface area (Å²) in [6.07, 6.45) is 0. The van der Waals surface area contributed by atoms with Crippen LogP contribution in [0.4, 0.5) is 4.39 Å². The second kappa shape index (κ2) is 8.12. The number of amides is 1. The number of aromatic nitrogens is 2. The third-order valence-electron chi connectivity index (χ3n) is 4.87. The summed E-state index contributed by atoms with van der Waals surface area (Å²) in [5.41, 5.74) is 2.19. The lowest BCUT2D eigenvalue weighted by molar-refractivity contribution is 0.0622. The molecule has 1 aliphatic rings. The molecule has 4 rings (SSSR count). The number of aromatic amines is 1. The minimum atomic E-state index is -0.353. The van der Waals surface area contributed by atoms with Crippen LogP contribution in [0.25, 0.3) is 10.6 Å². The van der Waals surface area contributed by atoms with E-state index in [1.54, 1.807) is 23.5 Å². The van der Waals surface area contributed by atoms with Crippen molar-refractivity contribution in [2.45, 2.75) is 6.54 Å². The molecule has 1 fully saturated rings. The molecule has 0 unspecified atom stereocenters.